The number of hydrogen-bond acceptors (Lipinski definition) is 4. The number of pyridine rings is 2. The number of aromatic nitrogens is 2. The fraction of sp³-hybridized carbons (Fsp3) is 0.150. The van der Waals surface area contributed by atoms with Gasteiger partial charge in [-0.15, -0.1) is 0 Å². The Kier molecular flexibility index (Phi) is 5.36. The van der Waals surface area contributed by atoms with Crippen molar-refractivity contribution >= 4 is 11.7 Å². The molecule has 3 aromatic rings. The van der Waals surface area contributed by atoms with E-state index in [1.54, 1.807) is 6.20 Å². The minimum Gasteiger partial charge on any atom is -0.370 e. The lowest BCUT2D eigenvalue weighted by Crippen LogP contribution is -2.13. The SMILES string of the molecule is NC(=O)Cc1cccc(-c2ccc(NCCc3ccccn3)nc2)c1. The van der Waals surface area contributed by atoms with Crippen molar-refractivity contribution < 1.29 is 4.79 Å². The summed E-state index contributed by atoms with van der Waals surface area (Å²) in [6.45, 7) is 0.775. The molecule has 0 bridgehead atoms. The molecule has 2 aromatic heterocycles. The van der Waals surface area contributed by atoms with Gasteiger partial charge in [-0.05, 0) is 35.4 Å². The molecule has 0 fully saturated rings. The Labute approximate surface area is 146 Å². The van der Waals surface area contributed by atoms with Crippen LogP contribution in [0.2, 0.25) is 0 Å². The Balaban J connectivity index is 1.61. The molecule has 5 heteroatoms. The molecule has 0 aliphatic heterocycles. The zero-order valence-corrected chi connectivity index (χ0v) is 13.9. The molecule has 2 heterocycles. The lowest BCUT2D eigenvalue weighted by Gasteiger charge is -2.07. The highest BCUT2D eigenvalue weighted by Crippen LogP contribution is 2.21. The number of benzene rings is 1. The number of amides is 1. The minimum absolute atomic E-state index is 0.244. The van der Waals surface area contributed by atoms with E-state index < -0.39 is 0 Å². The second-order valence-corrected chi connectivity index (χ2v) is 5.77. The van der Waals surface area contributed by atoms with E-state index in [9.17, 15) is 4.79 Å². The number of nitrogens with one attached hydrogen (secondary N) is 1. The van der Waals surface area contributed by atoms with Crippen LogP contribution in [0.15, 0.2) is 67.0 Å². The maximum absolute atomic E-state index is 11.1. The van der Waals surface area contributed by atoms with Gasteiger partial charge in [-0.1, -0.05) is 30.3 Å². The third kappa shape index (κ3) is 4.88. The van der Waals surface area contributed by atoms with Crippen molar-refractivity contribution in [2.45, 2.75) is 12.8 Å². The van der Waals surface area contributed by atoms with Crippen LogP contribution >= 0.6 is 0 Å². The maximum Gasteiger partial charge on any atom is 0.221 e. The second kappa shape index (κ2) is 8.06. The van der Waals surface area contributed by atoms with E-state index in [0.717, 1.165) is 41.2 Å². The van der Waals surface area contributed by atoms with Gasteiger partial charge in [0.1, 0.15) is 5.82 Å². The van der Waals surface area contributed by atoms with Gasteiger partial charge in [0, 0.05) is 36.6 Å². The molecule has 0 spiro atoms. The molecule has 126 valence electrons. The van der Waals surface area contributed by atoms with E-state index >= 15 is 0 Å². The first-order chi connectivity index (χ1) is 12.2. The van der Waals surface area contributed by atoms with Crippen molar-refractivity contribution in [1.82, 2.24) is 9.97 Å². The molecule has 1 amide bonds. The number of primary amides is 1. The number of carbonyl (C=O) groups excluding carboxylic acids is 1. The standard InChI is InChI=1S/C20H20N4O/c21-19(25)13-15-4-3-5-16(12-15)17-7-8-20(24-14-17)23-11-9-18-6-1-2-10-22-18/h1-8,10,12,14H,9,11,13H2,(H2,21,25)(H,23,24). The minimum atomic E-state index is -0.331. The average molecular weight is 332 g/mol. The topological polar surface area (TPSA) is 80.9 Å². The van der Waals surface area contributed by atoms with Gasteiger partial charge in [0.25, 0.3) is 0 Å². The fourth-order valence-corrected chi connectivity index (χ4v) is 2.60. The summed E-state index contributed by atoms with van der Waals surface area (Å²) < 4.78 is 0. The third-order valence-electron chi connectivity index (χ3n) is 3.82. The average Bonchev–Trinajstić information content (AvgIpc) is 2.63. The van der Waals surface area contributed by atoms with Gasteiger partial charge < -0.3 is 11.1 Å². The van der Waals surface area contributed by atoms with Crippen LogP contribution in [0.5, 0.6) is 0 Å². The Morgan fingerprint density at radius 2 is 1.92 bits per heavy atom. The predicted molar refractivity (Wildman–Crippen MR) is 99.0 cm³/mol. The highest BCUT2D eigenvalue weighted by Gasteiger charge is 2.03. The summed E-state index contributed by atoms with van der Waals surface area (Å²) in [6, 6.07) is 17.7. The molecule has 0 saturated carbocycles. The van der Waals surface area contributed by atoms with Crippen LogP contribution < -0.4 is 11.1 Å². The molecule has 3 N–H and O–H groups in total. The largest absolute Gasteiger partial charge is 0.370 e. The molecule has 3 rings (SSSR count). The highest BCUT2D eigenvalue weighted by molar-refractivity contribution is 5.77. The molecular weight excluding hydrogens is 312 g/mol. The summed E-state index contributed by atoms with van der Waals surface area (Å²) in [6.07, 6.45) is 4.72. The summed E-state index contributed by atoms with van der Waals surface area (Å²) >= 11 is 0. The smallest absolute Gasteiger partial charge is 0.221 e. The van der Waals surface area contributed by atoms with Crippen LogP contribution in [0.25, 0.3) is 11.1 Å². The molecular formula is C20H20N4O. The normalized spacial score (nSPS) is 10.4. The van der Waals surface area contributed by atoms with Crippen LogP contribution in [0.3, 0.4) is 0 Å². The number of anilines is 1. The van der Waals surface area contributed by atoms with E-state index in [1.165, 1.54) is 0 Å². The third-order valence-corrected chi connectivity index (χ3v) is 3.82. The number of hydrogen-bond donors (Lipinski definition) is 2. The quantitative estimate of drug-likeness (QED) is 0.697. The zero-order chi connectivity index (χ0) is 17.5. The summed E-state index contributed by atoms with van der Waals surface area (Å²) in [4.78, 5) is 19.8. The van der Waals surface area contributed by atoms with Crippen molar-refractivity contribution in [3.63, 3.8) is 0 Å². The molecule has 0 aliphatic rings. The number of nitrogens with zero attached hydrogens (tertiary/aromatic N) is 2. The molecule has 0 saturated heterocycles. The van der Waals surface area contributed by atoms with Crippen molar-refractivity contribution in [2.75, 3.05) is 11.9 Å². The van der Waals surface area contributed by atoms with E-state index in [2.05, 4.69) is 15.3 Å². The fourth-order valence-electron chi connectivity index (χ4n) is 2.60. The van der Waals surface area contributed by atoms with E-state index in [0.29, 0.717) is 0 Å². The first kappa shape index (κ1) is 16.6. The van der Waals surface area contributed by atoms with Crippen LogP contribution in [0.4, 0.5) is 5.82 Å². The van der Waals surface area contributed by atoms with Crippen molar-refractivity contribution in [2.24, 2.45) is 5.73 Å². The monoisotopic (exact) mass is 332 g/mol. The first-order valence-corrected chi connectivity index (χ1v) is 8.18. The van der Waals surface area contributed by atoms with Crippen molar-refractivity contribution in [3.05, 3.63) is 78.2 Å². The van der Waals surface area contributed by atoms with E-state index in [4.69, 9.17) is 5.73 Å². The van der Waals surface area contributed by atoms with Crippen molar-refractivity contribution in [1.29, 1.82) is 0 Å². The molecule has 0 unspecified atom stereocenters. The van der Waals surface area contributed by atoms with Crippen LogP contribution in [-0.2, 0) is 17.6 Å². The van der Waals surface area contributed by atoms with E-state index in [-0.39, 0.29) is 12.3 Å². The summed E-state index contributed by atoms with van der Waals surface area (Å²) in [5, 5.41) is 3.30. The van der Waals surface area contributed by atoms with Gasteiger partial charge in [-0.25, -0.2) is 4.98 Å². The first-order valence-electron chi connectivity index (χ1n) is 8.18. The van der Waals surface area contributed by atoms with Crippen LogP contribution in [0.1, 0.15) is 11.3 Å². The molecule has 0 aliphatic carbocycles. The zero-order valence-electron chi connectivity index (χ0n) is 13.9. The van der Waals surface area contributed by atoms with Gasteiger partial charge in [-0.2, -0.15) is 0 Å². The van der Waals surface area contributed by atoms with Crippen LogP contribution in [-0.4, -0.2) is 22.4 Å². The summed E-state index contributed by atoms with van der Waals surface area (Å²) in [5.41, 5.74) is 9.24. The van der Waals surface area contributed by atoms with Gasteiger partial charge in [0.15, 0.2) is 0 Å². The molecule has 25 heavy (non-hydrogen) atoms. The van der Waals surface area contributed by atoms with Crippen LogP contribution in [0, 0.1) is 0 Å². The number of nitrogens with two attached hydrogens (primary N) is 1. The van der Waals surface area contributed by atoms with E-state index in [1.807, 2.05) is 60.8 Å². The maximum atomic E-state index is 11.1. The van der Waals surface area contributed by atoms with Gasteiger partial charge in [0.2, 0.25) is 5.91 Å². The predicted octanol–water partition coefficient (Wildman–Crippen LogP) is 2.83. The molecule has 5 nitrogen and oxygen atoms in total. The Morgan fingerprint density at radius 1 is 1.00 bits per heavy atom. The van der Waals surface area contributed by atoms with Gasteiger partial charge >= 0.3 is 0 Å². The number of carbonyl (C=O) groups is 1. The lowest BCUT2D eigenvalue weighted by atomic mass is 10.0. The summed E-state index contributed by atoms with van der Waals surface area (Å²) in [5.74, 6) is 0.496. The Hall–Kier alpha value is -3.21. The molecule has 0 atom stereocenters. The van der Waals surface area contributed by atoms with Gasteiger partial charge in [-0.3, -0.25) is 9.78 Å². The highest BCUT2D eigenvalue weighted by atomic mass is 16.1. The summed E-state index contributed by atoms with van der Waals surface area (Å²) in [7, 11) is 0. The number of rotatable bonds is 7. The second-order valence-electron chi connectivity index (χ2n) is 5.77. The Morgan fingerprint density at radius 3 is 2.64 bits per heavy atom. The lowest BCUT2D eigenvalue weighted by molar-refractivity contribution is -0.117. The molecule has 1 aromatic carbocycles. The van der Waals surface area contributed by atoms with Crippen molar-refractivity contribution in [3.8, 4) is 11.1 Å². The molecule has 0 radical (unpaired) electrons. The Bertz CT molecular complexity index is 832. The van der Waals surface area contributed by atoms with Gasteiger partial charge in [0.05, 0.1) is 6.42 Å².